The number of nitrogens with zero attached hydrogens (tertiary/aromatic N) is 4. The van der Waals surface area contributed by atoms with Gasteiger partial charge in [0.15, 0.2) is 5.82 Å². The number of pyridine rings is 1. The Morgan fingerprint density at radius 3 is 2.50 bits per heavy atom. The molecule has 9 rings (SSSR count). The Morgan fingerprint density at radius 1 is 0.980 bits per heavy atom. The molecule has 3 atom stereocenters. The molecule has 3 aliphatic rings. The van der Waals surface area contributed by atoms with Gasteiger partial charge in [-0.3, -0.25) is 9.59 Å². The van der Waals surface area contributed by atoms with Gasteiger partial charge < -0.3 is 34.2 Å². The molecule has 11 heteroatoms. The average molecular weight is 671 g/mol. The number of nitrogens with one attached hydrogen (secondary N) is 1. The lowest BCUT2D eigenvalue weighted by molar-refractivity contribution is 0.0602. The number of methoxy groups -OCH3 is 2. The molecule has 3 aromatic heterocycles. The number of carbonyl (C=O) groups is 2. The zero-order valence-electron chi connectivity index (χ0n) is 28.2. The fourth-order valence-corrected chi connectivity index (χ4v) is 8.35. The van der Waals surface area contributed by atoms with Crippen LogP contribution in [-0.4, -0.2) is 68.7 Å². The number of aromatic amines is 1. The molecule has 6 aromatic rings. The van der Waals surface area contributed by atoms with Crippen molar-refractivity contribution in [2.24, 2.45) is 24.6 Å². The minimum absolute atomic E-state index is 0.0193. The van der Waals surface area contributed by atoms with Crippen molar-refractivity contribution in [3.8, 4) is 28.4 Å². The molecule has 2 aliphatic carbocycles. The van der Waals surface area contributed by atoms with Gasteiger partial charge in [-0.25, -0.2) is 9.78 Å². The maximum Gasteiger partial charge on any atom is 0.338 e. The molecule has 1 saturated heterocycles. The Bertz CT molecular complexity index is 2450. The Morgan fingerprint density at radius 2 is 1.78 bits per heavy atom. The lowest BCUT2D eigenvalue weighted by Crippen LogP contribution is -2.41. The molecule has 50 heavy (non-hydrogen) atoms. The molecule has 3 N–H and O–H groups in total. The number of imidazole rings is 1. The van der Waals surface area contributed by atoms with Crippen molar-refractivity contribution >= 4 is 44.7 Å². The monoisotopic (exact) mass is 670 g/mol. The van der Waals surface area contributed by atoms with Crippen molar-refractivity contribution < 1.29 is 19.1 Å². The van der Waals surface area contributed by atoms with E-state index >= 15 is 0 Å². The van der Waals surface area contributed by atoms with Crippen LogP contribution in [0, 0.1) is 11.8 Å². The van der Waals surface area contributed by atoms with Crippen LogP contribution >= 0.6 is 0 Å². The van der Waals surface area contributed by atoms with E-state index in [0.717, 1.165) is 58.5 Å². The largest absolute Gasteiger partial charge is 0.494 e. The zero-order chi connectivity index (χ0) is 34.4. The molecule has 2 saturated carbocycles. The number of rotatable bonds is 7. The van der Waals surface area contributed by atoms with Crippen LogP contribution in [0.25, 0.3) is 55.5 Å². The summed E-state index contributed by atoms with van der Waals surface area (Å²) in [5.41, 5.74) is 12.9. The fraction of sp³-hybridized carbons (Fsp3) is 0.333. The number of likely N-dealkylation sites (tertiary alicyclic amines) is 1. The van der Waals surface area contributed by atoms with E-state index in [4.69, 9.17) is 20.2 Å². The average Bonchev–Trinajstić information content (AvgIpc) is 3.53. The third kappa shape index (κ3) is 4.74. The second-order valence-corrected chi connectivity index (χ2v) is 14.1. The van der Waals surface area contributed by atoms with E-state index in [9.17, 15) is 14.4 Å². The van der Waals surface area contributed by atoms with E-state index < -0.39 is 5.97 Å². The van der Waals surface area contributed by atoms with Crippen LogP contribution in [0.3, 0.4) is 0 Å². The van der Waals surface area contributed by atoms with Gasteiger partial charge in [0.25, 0.3) is 5.91 Å². The molecule has 0 radical (unpaired) electrons. The van der Waals surface area contributed by atoms with Gasteiger partial charge in [0.05, 0.1) is 31.0 Å². The second kappa shape index (κ2) is 11.3. The van der Waals surface area contributed by atoms with Crippen molar-refractivity contribution in [3.63, 3.8) is 0 Å². The van der Waals surface area contributed by atoms with E-state index in [1.54, 1.807) is 7.11 Å². The van der Waals surface area contributed by atoms with Gasteiger partial charge in [0, 0.05) is 65.7 Å². The van der Waals surface area contributed by atoms with Gasteiger partial charge in [-0.2, -0.15) is 0 Å². The lowest BCUT2D eigenvalue weighted by Gasteiger charge is -2.27. The van der Waals surface area contributed by atoms with Crippen LogP contribution in [0.5, 0.6) is 5.75 Å². The number of hydrogen-bond acceptors (Lipinski definition) is 7. The number of benzene rings is 3. The van der Waals surface area contributed by atoms with Crippen LogP contribution in [0.15, 0.2) is 65.5 Å². The summed E-state index contributed by atoms with van der Waals surface area (Å²) in [6.45, 7) is 1.56. The van der Waals surface area contributed by atoms with Gasteiger partial charge in [0.2, 0.25) is 5.56 Å². The van der Waals surface area contributed by atoms with Crippen molar-refractivity contribution in [1.29, 1.82) is 0 Å². The van der Waals surface area contributed by atoms with Crippen molar-refractivity contribution in [2.75, 3.05) is 20.8 Å². The molecule has 1 amide bonds. The summed E-state index contributed by atoms with van der Waals surface area (Å²) < 4.78 is 15.3. The first-order valence-electron chi connectivity index (χ1n) is 17.2. The topological polar surface area (TPSA) is 137 Å². The Hall–Kier alpha value is -5.42. The van der Waals surface area contributed by atoms with Crippen LogP contribution in [-0.2, 0) is 18.3 Å². The third-order valence-electron chi connectivity index (χ3n) is 11.2. The predicted octanol–water partition coefficient (Wildman–Crippen LogP) is 5.47. The highest BCUT2D eigenvalue weighted by Gasteiger charge is 2.47. The number of amides is 1. The van der Waals surface area contributed by atoms with E-state index in [1.165, 1.54) is 26.0 Å². The SMILES string of the molecule is COC(=O)c1cc(=O)[nH]c2ccc(-c3ccc4cc(-c5nc6cc(C(=O)N7CC8CCC7[C@@H]8N)cc(OC)c6n5C)n(CC5CC5)c4c3)cc12. The summed E-state index contributed by atoms with van der Waals surface area (Å²) in [6.07, 6.45) is 4.40. The Balaban J connectivity index is 1.15. The normalized spacial score (nSPS) is 20.0. The quantitative estimate of drug-likeness (QED) is 0.215. The molecule has 11 nitrogen and oxygen atoms in total. The lowest BCUT2D eigenvalue weighted by atomic mass is 10.00. The third-order valence-corrected chi connectivity index (χ3v) is 11.2. The summed E-state index contributed by atoms with van der Waals surface area (Å²) in [5.74, 6) is 1.78. The van der Waals surface area contributed by atoms with E-state index in [1.807, 2.05) is 42.3 Å². The van der Waals surface area contributed by atoms with Gasteiger partial charge in [0.1, 0.15) is 11.3 Å². The highest BCUT2D eigenvalue weighted by molar-refractivity contribution is 6.05. The maximum atomic E-state index is 13.8. The van der Waals surface area contributed by atoms with Crippen LogP contribution in [0.2, 0.25) is 0 Å². The number of aryl methyl sites for hydroxylation is 1. The maximum absolute atomic E-state index is 13.8. The molecule has 2 bridgehead atoms. The highest BCUT2D eigenvalue weighted by atomic mass is 16.5. The van der Waals surface area contributed by atoms with Crippen molar-refractivity contribution in [2.45, 2.75) is 44.3 Å². The fourth-order valence-electron chi connectivity index (χ4n) is 8.35. The second-order valence-electron chi connectivity index (χ2n) is 14.1. The van der Waals surface area contributed by atoms with Crippen LogP contribution in [0.1, 0.15) is 46.4 Å². The number of carbonyl (C=O) groups excluding carboxylic acids is 2. The van der Waals surface area contributed by atoms with Gasteiger partial charge in [-0.05, 0) is 85.0 Å². The van der Waals surface area contributed by atoms with Crippen molar-refractivity contribution in [3.05, 3.63) is 82.1 Å². The van der Waals surface area contributed by atoms with Crippen LogP contribution in [0.4, 0.5) is 0 Å². The minimum atomic E-state index is -0.556. The number of ether oxygens (including phenoxy) is 2. The zero-order valence-corrected chi connectivity index (χ0v) is 28.2. The summed E-state index contributed by atoms with van der Waals surface area (Å²) in [6, 6.07) is 19.4. The van der Waals surface area contributed by atoms with Gasteiger partial charge in [-0.15, -0.1) is 0 Å². The molecular weight excluding hydrogens is 632 g/mol. The predicted molar refractivity (Wildman–Crippen MR) is 191 cm³/mol. The smallest absolute Gasteiger partial charge is 0.338 e. The van der Waals surface area contributed by atoms with E-state index in [0.29, 0.717) is 46.1 Å². The number of hydrogen-bond donors (Lipinski definition) is 2. The number of esters is 1. The molecular formula is C39H38N6O5. The van der Waals surface area contributed by atoms with E-state index in [2.05, 4.69) is 38.4 Å². The summed E-state index contributed by atoms with van der Waals surface area (Å²) in [4.78, 5) is 48.5. The standard InChI is InChI=1S/C39H38N6O5/c1-43-36-29(13-25(16-33(36)49-2)38(47)45-19-24-9-11-30(45)35(24)40)42-37(43)32-15-23-7-6-22(14-31(23)44(32)18-20-4-5-20)21-8-10-28-26(12-21)27(39(48)50-3)17-34(46)41-28/h6-8,10,12-17,20,24,30,35H,4-5,9,11,18-19,40H2,1-3H3,(H,41,46)/t24?,30?,35-/m1/s1. The Kier molecular flexibility index (Phi) is 6.93. The van der Waals surface area contributed by atoms with Crippen LogP contribution < -0.4 is 16.0 Å². The Labute approximate surface area is 287 Å². The molecule has 4 heterocycles. The first-order valence-corrected chi connectivity index (χ1v) is 17.2. The number of aromatic nitrogens is 4. The number of fused-ring (bicyclic) bond motifs is 5. The molecule has 1 aliphatic heterocycles. The summed E-state index contributed by atoms with van der Waals surface area (Å²) in [5, 5.41) is 1.70. The minimum Gasteiger partial charge on any atom is -0.494 e. The van der Waals surface area contributed by atoms with Crippen molar-refractivity contribution in [1.82, 2.24) is 24.0 Å². The first kappa shape index (κ1) is 30.6. The highest BCUT2D eigenvalue weighted by Crippen LogP contribution is 2.41. The molecule has 254 valence electrons. The molecule has 0 spiro atoms. The van der Waals surface area contributed by atoms with E-state index in [-0.39, 0.29) is 29.1 Å². The molecule has 3 aromatic carbocycles. The molecule has 3 fully saturated rings. The summed E-state index contributed by atoms with van der Waals surface area (Å²) in [7, 11) is 4.94. The number of nitrogens with two attached hydrogens (primary N) is 1. The summed E-state index contributed by atoms with van der Waals surface area (Å²) >= 11 is 0. The first-order chi connectivity index (χ1) is 24.2. The molecule has 2 unspecified atom stereocenters. The van der Waals surface area contributed by atoms with Gasteiger partial charge >= 0.3 is 5.97 Å². The van der Waals surface area contributed by atoms with Gasteiger partial charge in [-0.1, -0.05) is 18.2 Å². The number of H-pyrrole nitrogens is 1. The number of piperidine rings is 1.